The molecule has 3 heterocycles. The molecule has 2 aromatic rings. The number of amides is 3. The van der Waals surface area contributed by atoms with Crippen LogP contribution in [0.25, 0.3) is 11.0 Å². The van der Waals surface area contributed by atoms with Crippen LogP contribution in [0.4, 0.5) is 4.79 Å². The highest BCUT2D eigenvalue weighted by Crippen LogP contribution is 2.35. The molecular formula is C20H23N3O5. The van der Waals surface area contributed by atoms with Crippen molar-refractivity contribution < 1.29 is 23.6 Å². The molecule has 1 atom stereocenters. The Labute approximate surface area is 162 Å². The van der Waals surface area contributed by atoms with E-state index in [0.717, 1.165) is 16.5 Å². The van der Waals surface area contributed by atoms with Crippen LogP contribution in [0.3, 0.4) is 0 Å². The lowest BCUT2D eigenvalue weighted by Gasteiger charge is -2.31. The van der Waals surface area contributed by atoms with Crippen molar-refractivity contribution in [1.29, 1.82) is 0 Å². The van der Waals surface area contributed by atoms with E-state index in [-0.39, 0.29) is 17.9 Å². The van der Waals surface area contributed by atoms with Gasteiger partial charge in [-0.3, -0.25) is 14.9 Å². The minimum atomic E-state index is -0.539. The Bertz CT molecular complexity index is 972. The highest BCUT2D eigenvalue weighted by atomic mass is 16.6. The van der Waals surface area contributed by atoms with Crippen molar-refractivity contribution in [2.75, 3.05) is 6.54 Å². The number of piperidine rings is 1. The molecule has 0 aliphatic carbocycles. The maximum Gasteiger partial charge on any atom is 0.410 e. The summed E-state index contributed by atoms with van der Waals surface area (Å²) in [6, 6.07) is 3.82. The zero-order valence-electron chi connectivity index (χ0n) is 16.2. The van der Waals surface area contributed by atoms with Crippen molar-refractivity contribution in [3.63, 3.8) is 0 Å². The Hall–Kier alpha value is -2.90. The molecule has 8 heteroatoms. The Morgan fingerprint density at radius 3 is 2.79 bits per heavy atom. The fourth-order valence-corrected chi connectivity index (χ4v) is 3.76. The lowest BCUT2D eigenvalue weighted by Crippen LogP contribution is -2.40. The van der Waals surface area contributed by atoms with E-state index in [0.29, 0.717) is 43.6 Å². The van der Waals surface area contributed by atoms with Crippen LogP contribution >= 0.6 is 0 Å². The van der Waals surface area contributed by atoms with Gasteiger partial charge in [0.05, 0.1) is 5.92 Å². The van der Waals surface area contributed by atoms with Crippen LogP contribution in [0, 0.1) is 0 Å². The zero-order chi connectivity index (χ0) is 20.1. The molecule has 0 spiro atoms. The van der Waals surface area contributed by atoms with Gasteiger partial charge >= 0.3 is 6.09 Å². The van der Waals surface area contributed by atoms with E-state index in [1.165, 1.54) is 0 Å². The first-order chi connectivity index (χ1) is 13.2. The smallest absolute Gasteiger partial charge is 0.410 e. The molecule has 0 saturated carbocycles. The van der Waals surface area contributed by atoms with Gasteiger partial charge in [0.25, 0.3) is 0 Å². The number of rotatable bonds is 1. The highest BCUT2D eigenvalue weighted by molar-refractivity contribution is 6.02. The number of imide groups is 1. The summed E-state index contributed by atoms with van der Waals surface area (Å²) < 4.78 is 11.1. The van der Waals surface area contributed by atoms with Crippen LogP contribution < -0.4 is 5.32 Å². The first kappa shape index (κ1) is 18.5. The van der Waals surface area contributed by atoms with Gasteiger partial charge in [-0.25, -0.2) is 4.79 Å². The highest BCUT2D eigenvalue weighted by Gasteiger charge is 2.33. The van der Waals surface area contributed by atoms with E-state index in [9.17, 15) is 14.4 Å². The van der Waals surface area contributed by atoms with E-state index < -0.39 is 11.5 Å². The predicted octanol–water partition coefficient (Wildman–Crippen LogP) is 2.64. The summed E-state index contributed by atoms with van der Waals surface area (Å²) in [5, 5.41) is 7.31. The van der Waals surface area contributed by atoms with Crippen LogP contribution in [0.5, 0.6) is 0 Å². The molecule has 1 aromatic heterocycles. The van der Waals surface area contributed by atoms with Gasteiger partial charge in [-0.1, -0.05) is 11.2 Å². The number of hydrogen-bond acceptors (Lipinski definition) is 6. The van der Waals surface area contributed by atoms with Crippen molar-refractivity contribution in [3.8, 4) is 0 Å². The first-order valence-corrected chi connectivity index (χ1v) is 9.44. The van der Waals surface area contributed by atoms with Crippen LogP contribution in [0.1, 0.15) is 56.4 Å². The van der Waals surface area contributed by atoms with E-state index in [1.807, 2.05) is 32.9 Å². The van der Waals surface area contributed by atoms with E-state index >= 15 is 0 Å². The number of nitrogens with one attached hydrogen (secondary N) is 1. The van der Waals surface area contributed by atoms with Gasteiger partial charge in [0.1, 0.15) is 11.3 Å². The van der Waals surface area contributed by atoms with Crippen LogP contribution in [0.2, 0.25) is 0 Å². The molecule has 28 heavy (non-hydrogen) atoms. The number of carbonyl (C=O) groups excluding carboxylic acids is 3. The number of aromatic nitrogens is 1. The third kappa shape index (κ3) is 3.34. The average Bonchev–Trinajstić information content (AvgIpc) is 3.04. The third-order valence-corrected chi connectivity index (χ3v) is 5.08. The van der Waals surface area contributed by atoms with Crippen LogP contribution in [-0.2, 0) is 27.3 Å². The SMILES string of the molecule is CC(C)(C)OC(=O)N1CCc2c(ccc3c(C4CCC(=O)NC4=O)noc23)C1. The zero-order valence-corrected chi connectivity index (χ0v) is 16.2. The molecule has 1 unspecified atom stereocenters. The van der Waals surface area contributed by atoms with Crippen molar-refractivity contribution in [1.82, 2.24) is 15.4 Å². The average molecular weight is 385 g/mol. The minimum absolute atomic E-state index is 0.256. The van der Waals surface area contributed by atoms with Gasteiger partial charge in [0.15, 0.2) is 5.58 Å². The third-order valence-electron chi connectivity index (χ3n) is 5.08. The van der Waals surface area contributed by atoms with E-state index in [4.69, 9.17) is 9.26 Å². The van der Waals surface area contributed by atoms with Gasteiger partial charge < -0.3 is 14.2 Å². The second-order valence-electron chi connectivity index (χ2n) is 8.30. The molecule has 148 valence electrons. The van der Waals surface area contributed by atoms with Crippen LogP contribution in [-0.4, -0.2) is 40.1 Å². The standard InChI is InChI=1S/C20H23N3O5/c1-20(2,3)27-19(26)23-9-8-12-11(10-23)4-5-13-16(22-28-17(12)13)14-6-7-15(24)21-18(14)25/h4-5,14H,6-10H2,1-3H3,(H,21,24,25). The lowest BCUT2D eigenvalue weighted by atomic mass is 9.90. The van der Waals surface area contributed by atoms with Gasteiger partial charge in [-0.15, -0.1) is 0 Å². The fourth-order valence-electron chi connectivity index (χ4n) is 3.76. The van der Waals surface area contributed by atoms with Crippen molar-refractivity contribution in [2.24, 2.45) is 0 Å². The Morgan fingerprint density at radius 2 is 2.07 bits per heavy atom. The summed E-state index contributed by atoms with van der Waals surface area (Å²) in [6.45, 7) is 6.50. The summed E-state index contributed by atoms with van der Waals surface area (Å²) in [5.74, 6) is -1.08. The number of ether oxygens (including phenoxy) is 1. The number of fused-ring (bicyclic) bond motifs is 3. The summed E-state index contributed by atoms with van der Waals surface area (Å²) in [6.07, 6.45) is 1.01. The summed E-state index contributed by atoms with van der Waals surface area (Å²) in [7, 11) is 0. The Balaban J connectivity index is 1.60. The number of nitrogens with zero attached hydrogens (tertiary/aromatic N) is 2. The largest absolute Gasteiger partial charge is 0.444 e. The molecular weight excluding hydrogens is 362 g/mol. The van der Waals surface area contributed by atoms with Crippen molar-refractivity contribution in [3.05, 3.63) is 29.0 Å². The van der Waals surface area contributed by atoms with E-state index in [2.05, 4.69) is 10.5 Å². The molecule has 3 amide bonds. The minimum Gasteiger partial charge on any atom is -0.444 e. The molecule has 8 nitrogen and oxygen atoms in total. The maximum absolute atomic E-state index is 12.4. The molecule has 2 aliphatic heterocycles. The molecule has 1 N–H and O–H groups in total. The molecule has 1 fully saturated rings. The molecule has 4 rings (SSSR count). The van der Waals surface area contributed by atoms with Gasteiger partial charge in [-0.2, -0.15) is 0 Å². The second kappa shape index (κ2) is 6.61. The number of hydrogen-bond donors (Lipinski definition) is 1. The molecule has 0 bridgehead atoms. The molecule has 2 aliphatic rings. The molecule has 1 aromatic carbocycles. The topological polar surface area (TPSA) is 102 Å². The van der Waals surface area contributed by atoms with Gasteiger partial charge in [0.2, 0.25) is 11.8 Å². The van der Waals surface area contributed by atoms with Gasteiger partial charge in [-0.05, 0) is 45.2 Å². The number of benzene rings is 1. The molecule has 1 saturated heterocycles. The summed E-state index contributed by atoms with van der Waals surface area (Å²) in [5.41, 5.74) is 2.67. The fraction of sp³-hybridized carbons (Fsp3) is 0.500. The number of carbonyl (C=O) groups is 3. The predicted molar refractivity (Wildman–Crippen MR) is 99.5 cm³/mol. The maximum atomic E-state index is 12.4. The van der Waals surface area contributed by atoms with Gasteiger partial charge in [0, 0.05) is 30.5 Å². The van der Waals surface area contributed by atoms with Crippen LogP contribution in [0.15, 0.2) is 16.7 Å². The van der Waals surface area contributed by atoms with Crippen molar-refractivity contribution in [2.45, 2.75) is 58.1 Å². The normalized spacial score (nSPS) is 20.1. The quantitative estimate of drug-likeness (QED) is 0.757. The second-order valence-corrected chi connectivity index (χ2v) is 8.30. The lowest BCUT2D eigenvalue weighted by molar-refractivity contribution is -0.134. The first-order valence-electron chi connectivity index (χ1n) is 9.44. The monoisotopic (exact) mass is 385 g/mol. The Morgan fingerprint density at radius 1 is 1.29 bits per heavy atom. The summed E-state index contributed by atoms with van der Waals surface area (Å²) in [4.78, 5) is 37.6. The Kier molecular flexibility index (Phi) is 4.36. The molecule has 0 radical (unpaired) electrons. The van der Waals surface area contributed by atoms with E-state index in [1.54, 1.807) is 4.90 Å². The van der Waals surface area contributed by atoms with Crippen molar-refractivity contribution >= 4 is 28.9 Å². The summed E-state index contributed by atoms with van der Waals surface area (Å²) >= 11 is 0.